The Morgan fingerprint density at radius 3 is 2.46 bits per heavy atom. The van der Waals surface area contributed by atoms with Crippen LogP contribution in [0.1, 0.15) is 45.4 Å². The van der Waals surface area contributed by atoms with Crippen molar-refractivity contribution in [2.75, 3.05) is 4.43 Å². The van der Waals surface area contributed by atoms with Crippen LogP contribution >= 0.6 is 22.6 Å². The second-order valence-corrected chi connectivity index (χ2v) is 5.45. The number of alkyl halides is 1. The molecule has 1 nitrogen and oxygen atoms in total. The van der Waals surface area contributed by atoms with Gasteiger partial charge in [-0.05, 0) is 38.5 Å². The minimum Gasteiger partial charge on any atom is -0.371 e. The van der Waals surface area contributed by atoms with Crippen LogP contribution in [0, 0.1) is 5.92 Å². The van der Waals surface area contributed by atoms with E-state index in [1.807, 2.05) is 0 Å². The summed E-state index contributed by atoms with van der Waals surface area (Å²) in [6.45, 7) is 2.27. The lowest BCUT2D eigenvalue weighted by molar-refractivity contribution is -0.0740. The lowest BCUT2D eigenvalue weighted by atomic mass is 10.0. The second-order valence-electron chi connectivity index (χ2n) is 4.68. The number of hydrogen-bond donors (Lipinski definition) is 0. The van der Waals surface area contributed by atoms with Crippen LogP contribution in [0.2, 0.25) is 0 Å². The average Bonchev–Trinajstić information content (AvgIpc) is 2.89. The molecule has 13 heavy (non-hydrogen) atoms. The normalized spacial score (nSPS) is 29.1. The summed E-state index contributed by atoms with van der Waals surface area (Å²) in [5.41, 5.74) is 0.266. The molecule has 0 aliphatic heterocycles. The van der Waals surface area contributed by atoms with Crippen LogP contribution in [0.3, 0.4) is 0 Å². The summed E-state index contributed by atoms with van der Waals surface area (Å²) in [5.74, 6) is 0.889. The molecule has 0 radical (unpaired) electrons. The third-order valence-corrected chi connectivity index (χ3v) is 4.87. The molecular formula is C11H19IO. The topological polar surface area (TPSA) is 9.23 Å². The van der Waals surface area contributed by atoms with Gasteiger partial charge in [-0.25, -0.2) is 0 Å². The summed E-state index contributed by atoms with van der Waals surface area (Å²) in [4.78, 5) is 0. The van der Waals surface area contributed by atoms with E-state index in [4.69, 9.17) is 4.74 Å². The highest BCUT2D eigenvalue weighted by Crippen LogP contribution is 2.41. The zero-order chi connectivity index (χ0) is 9.31. The summed E-state index contributed by atoms with van der Waals surface area (Å²) in [6.07, 6.45) is 8.67. The Kier molecular flexibility index (Phi) is 3.18. The Labute approximate surface area is 94.8 Å². The fourth-order valence-electron chi connectivity index (χ4n) is 2.36. The SMILES string of the molecule is CC(OC1(CI)CCCC1)C1CC1. The highest BCUT2D eigenvalue weighted by atomic mass is 127. The number of halogens is 1. The average molecular weight is 294 g/mol. The molecule has 0 bridgehead atoms. The first-order chi connectivity index (χ1) is 6.26. The third kappa shape index (κ3) is 2.38. The Bertz CT molecular complexity index is 171. The molecule has 0 saturated heterocycles. The fraction of sp³-hybridized carbons (Fsp3) is 1.00. The van der Waals surface area contributed by atoms with Crippen molar-refractivity contribution in [3.8, 4) is 0 Å². The van der Waals surface area contributed by atoms with Gasteiger partial charge in [0.05, 0.1) is 11.7 Å². The summed E-state index contributed by atoms with van der Waals surface area (Å²) >= 11 is 2.49. The maximum absolute atomic E-state index is 6.26. The summed E-state index contributed by atoms with van der Waals surface area (Å²) in [6, 6.07) is 0. The van der Waals surface area contributed by atoms with Crippen molar-refractivity contribution in [1.82, 2.24) is 0 Å². The quantitative estimate of drug-likeness (QED) is 0.569. The van der Waals surface area contributed by atoms with Gasteiger partial charge in [-0.15, -0.1) is 0 Å². The van der Waals surface area contributed by atoms with E-state index in [2.05, 4.69) is 29.5 Å². The number of hydrogen-bond acceptors (Lipinski definition) is 1. The van der Waals surface area contributed by atoms with Crippen LogP contribution in [0.4, 0.5) is 0 Å². The van der Waals surface area contributed by atoms with E-state index in [-0.39, 0.29) is 5.60 Å². The van der Waals surface area contributed by atoms with Crippen molar-refractivity contribution in [2.24, 2.45) is 5.92 Å². The summed E-state index contributed by atoms with van der Waals surface area (Å²) in [5, 5.41) is 0. The molecule has 0 aromatic heterocycles. The van der Waals surface area contributed by atoms with Gasteiger partial charge in [-0.1, -0.05) is 35.4 Å². The molecule has 2 aliphatic rings. The number of rotatable bonds is 4. The first-order valence-corrected chi connectivity index (χ1v) is 7.02. The minimum absolute atomic E-state index is 0.266. The van der Waals surface area contributed by atoms with Gasteiger partial charge in [0.1, 0.15) is 0 Å². The molecule has 2 saturated carbocycles. The molecule has 76 valence electrons. The Morgan fingerprint density at radius 2 is 2.00 bits per heavy atom. The summed E-state index contributed by atoms with van der Waals surface area (Å²) in [7, 11) is 0. The van der Waals surface area contributed by atoms with Crippen molar-refractivity contribution in [1.29, 1.82) is 0 Å². The zero-order valence-corrected chi connectivity index (χ0v) is 10.5. The third-order valence-electron chi connectivity index (χ3n) is 3.48. The maximum atomic E-state index is 6.26. The Hall–Kier alpha value is 0.690. The molecule has 2 rings (SSSR count). The smallest absolute Gasteiger partial charge is 0.0775 e. The predicted octanol–water partition coefficient (Wildman–Crippen LogP) is 3.55. The van der Waals surface area contributed by atoms with E-state index in [9.17, 15) is 0 Å². The predicted molar refractivity (Wildman–Crippen MR) is 63.4 cm³/mol. The second kappa shape index (κ2) is 4.05. The lowest BCUT2D eigenvalue weighted by Gasteiger charge is -2.31. The van der Waals surface area contributed by atoms with Gasteiger partial charge in [-0.2, -0.15) is 0 Å². The van der Waals surface area contributed by atoms with Crippen molar-refractivity contribution < 1.29 is 4.74 Å². The Balaban J connectivity index is 1.88. The molecule has 0 aromatic rings. The van der Waals surface area contributed by atoms with Crippen LogP contribution in [-0.2, 0) is 4.74 Å². The highest BCUT2D eigenvalue weighted by Gasteiger charge is 2.39. The zero-order valence-electron chi connectivity index (χ0n) is 8.39. The van der Waals surface area contributed by atoms with Gasteiger partial charge in [0.15, 0.2) is 0 Å². The van der Waals surface area contributed by atoms with Crippen LogP contribution in [0.25, 0.3) is 0 Å². The lowest BCUT2D eigenvalue weighted by Crippen LogP contribution is -2.35. The van der Waals surface area contributed by atoms with Crippen molar-refractivity contribution in [2.45, 2.75) is 57.2 Å². The first-order valence-electron chi connectivity index (χ1n) is 5.49. The maximum Gasteiger partial charge on any atom is 0.0775 e. The molecule has 0 N–H and O–H groups in total. The molecular weight excluding hydrogens is 275 g/mol. The van der Waals surface area contributed by atoms with E-state index in [1.54, 1.807) is 0 Å². The van der Waals surface area contributed by atoms with Gasteiger partial charge in [0.25, 0.3) is 0 Å². The van der Waals surface area contributed by atoms with Gasteiger partial charge in [-0.3, -0.25) is 0 Å². The highest BCUT2D eigenvalue weighted by molar-refractivity contribution is 14.1. The molecule has 0 spiro atoms. The first kappa shape index (κ1) is 10.2. The molecule has 1 atom stereocenters. The van der Waals surface area contributed by atoms with Gasteiger partial charge in [0.2, 0.25) is 0 Å². The van der Waals surface area contributed by atoms with Crippen LogP contribution in [0.15, 0.2) is 0 Å². The summed E-state index contributed by atoms with van der Waals surface area (Å²) < 4.78 is 7.45. The van der Waals surface area contributed by atoms with Crippen molar-refractivity contribution in [3.63, 3.8) is 0 Å². The van der Waals surface area contributed by atoms with E-state index < -0.39 is 0 Å². The molecule has 2 fully saturated rings. The van der Waals surface area contributed by atoms with E-state index >= 15 is 0 Å². The van der Waals surface area contributed by atoms with Gasteiger partial charge in [0, 0.05) is 4.43 Å². The monoisotopic (exact) mass is 294 g/mol. The van der Waals surface area contributed by atoms with E-state index in [0.29, 0.717) is 6.10 Å². The molecule has 2 aliphatic carbocycles. The number of ether oxygens (including phenoxy) is 1. The molecule has 1 unspecified atom stereocenters. The molecule has 0 heterocycles. The van der Waals surface area contributed by atoms with Crippen molar-refractivity contribution in [3.05, 3.63) is 0 Å². The van der Waals surface area contributed by atoms with Gasteiger partial charge < -0.3 is 4.74 Å². The van der Waals surface area contributed by atoms with Gasteiger partial charge >= 0.3 is 0 Å². The fourth-order valence-corrected chi connectivity index (χ4v) is 3.30. The van der Waals surface area contributed by atoms with Crippen LogP contribution < -0.4 is 0 Å². The Morgan fingerprint density at radius 1 is 1.38 bits per heavy atom. The van der Waals surface area contributed by atoms with E-state index in [1.165, 1.54) is 43.0 Å². The molecule has 0 aromatic carbocycles. The van der Waals surface area contributed by atoms with E-state index in [0.717, 1.165) is 5.92 Å². The van der Waals surface area contributed by atoms with Crippen LogP contribution in [0.5, 0.6) is 0 Å². The standard InChI is InChI=1S/C11H19IO/c1-9(10-4-5-10)13-11(8-12)6-2-3-7-11/h9-10H,2-8H2,1H3. The molecule has 2 heteroatoms. The molecule has 0 amide bonds. The van der Waals surface area contributed by atoms with Crippen LogP contribution in [-0.4, -0.2) is 16.1 Å². The van der Waals surface area contributed by atoms with Crippen molar-refractivity contribution >= 4 is 22.6 Å². The minimum atomic E-state index is 0.266. The largest absolute Gasteiger partial charge is 0.371 e.